The number of rotatable bonds is 20. The Kier molecular flexibility index (Phi) is 17.0. The number of hydrogen-bond acceptors (Lipinski definition) is 2. The predicted octanol–water partition coefficient (Wildman–Crippen LogP) is 8.18. The van der Waals surface area contributed by atoms with Crippen molar-refractivity contribution >= 4 is 5.91 Å². The summed E-state index contributed by atoms with van der Waals surface area (Å²) in [4.78, 5) is 12.1. The summed E-state index contributed by atoms with van der Waals surface area (Å²) in [6, 6.07) is 8.05. The van der Waals surface area contributed by atoms with E-state index in [0.29, 0.717) is 5.92 Å². The van der Waals surface area contributed by atoms with Crippen LogP contribution in [0.3, 0.4) is 0 Å². The van der Waals surface area contributed by atoms with Crippen LogP contribution < -0.4 is 10.1 Å². The van der Waals surface area contributed by atoms with Gasteiger partial charge in [0, 0.05) is 6.54 Å². The van der Waals surface area contributed by atoms with Crippen LogP contribution in [0.1, 0.15) is 129 Å². The van der Waals surface area contributed by atoms with Gasteiger partial charge in [-0.05, 0) is 30.4 Å². The van der Waals surface area contributed by atoms with Crippen molar-refractivity contribution in [1.29, 1.82) is 0 Å². The quantitative estimate of drug-likeness (QED) is 0.211. The van der Waals surface area contributed by atoms with Crippen LogP contribution >= 0.6 is 0 Å². The van der Waals surface area contributed by atoms with E-state index in [1.807, 2.05) is 18.2 Å². The zero-order valence-corrected chi connectivity index (χ0v) is 20.7. The van der Waals surface area contributed by atoms with Crippen LogP contribution in [0.15, 0.2) is 24.3 Å². The highest BCUT2D eigenvalue weighted by Crippen LogP contribution is 2.28. The van der Waals surface area contributed by atoms with Crippen molar-refractivity contribution in [2.24, 2.45) is 0 Å². The molecule has 3 heteroatoms. The molecule has 0 radical (unpaired) electrons. The summed E-state index contributed by atoms with van der Waals surface area (Å²) in [6.07, 6.45) is 20.0. The smallest absolute Gasteiger partial charge is 0.257 e. The van der Waals surface area contributed by atoms with Crippen molar-refractivity contribution in [2.75, 3.05) is 13.2 Å². The van der Waals surface area contributed by atoms with Crippen molar-refractivity contribution < 1.29 is 9.53 Å². The summed E-state index contributed by atoms with van der Waals surface area (Å²) >= 11 is 0. The standard InChI is InChI=1S/C28H49NO2/c1-4-6-7-8-9-10-11-12-13-14-15-16-17-20-23-29-28(30)24-31-27-22-19-18-21-26(27)25(3)5-2/h18-19,21-22,25H,4-17,20,23-24H2,1-3H3,(H,29,30)/t25-/m1/s1. The number of carbonyl (C=O) groups is 1. The molecule has 1 aromatic carbocycles. The number of benzene rings is 1. The second kappa shape index (κ2) is 19.2. The first-order chi connectivity index (χ1) is 15.2. The van der Waals surface area contributed by atoms with Gasteiger partial charge in [-0.1, -0.05) is 122 Å². The molecule has 1 aromatic rings. The highest BCUT2D eigenvalue weighted by molar-refractivity contribution is 5.77. The summed E-state index contributed by atoms with van der Waals surface area (Å²) in [5.74, 6) is 1.26. The molecule has 1 rings (SSSR count). The van der Waals surface area contributed by atoms with E-state index in [0.717, 1.165) is 25.1 Å². The average molecular weight is 432 g/mol. The zero-order chi connectivity index (χ0) is 22.6. The number of ether oxygens (including phenoxy) is 1. The van der Waals surface area contributed by atoms with Gasteiger partial charge in [0.05, 0.1) is 0 Å². The second-order valence-electron chi connectivity index (χ2n) is 9.08. The van der Waals surface area contributed by atoms with Gasteiger partial charge in [-0.25, -0.2) is 0 Å². The maximum atomic E-state index is 12.1. The highest BCUT2D eigenvalue weighted by Gasteiger charge is 2.10. The first-order valence-corrected chi connectivity index (χ1v) is 13.2. The van der Waals surface area contributed by atoms with E-state index in [1.54, 1.807) is 0 Å². The van der Waals surface area contributed by atoms with Crippen LogP contribution in [0.2, 0.25) is 0 Å². The number of hydrogen-bond donors (Lipinski definition) is 1. The van der Waals surface area contributed by atoms with Crippen LogP contribution in [0.5, 0.6) is 5.75 Å². The Balaban J connectivity index is 1.93. The third kappa shape index (κ3) is 14.2. The van der Waals surface area contributed by atoms with Gasteiger partial charge >= 0.3 is 0 Å². The molecule has 1 N–H and O–H groups in total. The molecule has 1 amide bonds. The lowest BCUT2D eigenvalue weighted by Crippen LogP contribution is -2.29. The topological polar surface area (TPSA) is 38.3 Å². The number of unbranched alkanes of at least 4 members (excludes halogenated alkanes) is 13. The van der Waals surface area contributed by atoms with E-state index in [4.69, 9.17) is 4.74 Å². The van der Waals surface area contributed by atoms with Crippen LogP contribution in [0, 0.1) is 0 Å². The molecule has 0 spiro atoms. The molecule has 0 fully saturated rings. The minimum absolute atomic E-state index is 0.0198. The Morgan fingerprint density at radius 3 is 1.87 bits per heavy atom. The normalized spacial score (nSPS) is 12.0. The van der Waals surface area contributed by atoms with E-state index in [1.165, 1.54) is 89.0 Å². The molecule has 0 aliphatic heterocycles. The van der Waals surface area contributed by atoms with E-state index in [2.05, 4.69) is 32.2 Å². The van der Waals surface area contributed by atoms with E-state index >= 15 is 0 Å². The molecule has 0 saturated heterocycles. The molecular weight excluding hydrogens is 382 g/mol. The maximum Gasteiger partial charge on any atom is 0.257 e. The van der Waals surface area contributed by atoms with Crippen molar-refractivity contribution in [3.8, 4) is 5.75 Å². The molecule has 0 heterocycles. The second-order valence-corrected chi connectivity index (χ2v) is 9.08. The Bertz CT molecular complexity index is 558. The van der Waals surface area contributed by atoms with Crippen molar-refractivity contribution in [3.05, 3.63) is 29.8 Å². The molecule has 0 aliphatic carbocycles. The molecule has 0 unspecified atom stereocenters. The molecule has 3 nitrogen and oxygen atoms in total. The zero-order valence-electron chi connectivity index (χ0n) is 20.7. The number of nitrogens with one attached hydrogen (secondary N) is 1. The maximum absolute atomic E-state index is 12.1. The van der Waals surface area contributed by atoms with Crippen LogP contribution in [0.4, 0.5) is 0 Å². The highest BCUT2D eigenvalue weighted by atomic mass is 16.5. The van der Waals surface area contributed by atoms with Gasteiger partial charge in [-0.3, -0.25) is 4.79 Å². The first kappa shape index (κ1) is 27.5. The summed E-state index contributed by atoms with van der Waals surface area (Å²) in [7, 11) is 0. The summed E-state index contributed by atoms with van der Waals surface area (Å²) in [5, 5.41) is 3.00. The van der Waals surface area contributed by atoms with Gasteiger partial charge in [-0.2, -0.15) is 0 Å². The Morgan fingerprint density at radius 2 is 1.32 bits per heavy atom. The van der Waals surface area contributed by atoms with Crippen LogP contribution in [-0.2, 0) is 4.79 Å². The van der Waals surface area contributed by atoms with Crippen LogP contribution in [-0.4, -0.2) is 19.1 Å². The Hall–Kier alpha value is -1.51. The van der Waals surface area contributed by atoms with Crippen molar-refractivity contribution in [3.63, 3.8) is 0 Å². The van der Waals surface area contributed by atoms with E-state index < -0.39 is 0 Å². The lowest BCUT2D eigenvalue weighted by Gasteiger charge is -2.15. The summed E-state index contributed by atoms with van der Waals surface area (Å²) in [6.45, 7) is 7.50. The van der Waals surface area contributed by atoms with Gasteiger partial charge < -0.3 is 10.1 Å². The molecule has 0 aliphatic rings. The van der Waals surface area contributed by atoms with Crippen molar-refractivity contribution in [2.45, 2.75) is 123 Å². The third-order valence-corrected chi connectivity index (χ3v) is 6.27. The number of amides is 1. The van der Waals surface area contributed by atoms with Gasteiger partial charge in [0.15, 0.2) is 6.61 Å². The van der Waals surface area contributed by atoms with Crippen LogP contribution in [0.25, 0.3) is 0 Å². The SMILES string of the molecule is CCCCCCCCCCCCCCCCNC(=O)COc1ccccc1[C@H](C)CC. The Labute approximate surface area is 192 Å². The lowest BCUT2D eigenvalue weighted by atomic mass is 9.98. The lowest BCUT2D eigenvalue weighted by molar-refractivity contribution is -0.123. The fourth-order valence-electron chi connectivity index (χ4n) is 3.98. The molecule has 31 heavy (non-hydrogen) atoms. The fourth-order valence-corrected chi connectivity index (χ4v) is 3.98. The summed E-state index contributed by atoms with van der Waals surface area (Å²) < 4.78 is 5.78. The van der Waals surface area contributed by atoms with Gasteiger partial charge in [0.25, 0.3) is 5.91 Å². The first-order valence-electron chi connectivity index (χ1n) is 13.2. The predicted molar refractivity (Wildman–Crippen MR) is 134 cm³/mol. The minimum Gasteiger partial charge on any atom is -0.483 e. The molecular formula is C28H49NO2. The average Bonchev–Trinajstić information content (AvgIpc) is 2.79. The monoisotopic (exact) mass is 431 g/mol. The van der Waals surface area contributed by atoms with Gasteiger partial charge in [-0.15, -0.1) is 0 Å². The minimum atomic E-state index is -0.0198. The summed E-state index contributed by atoms with van der Waals surface area (Å²) in [5.41, 5.74) is 1.18. The van der Waals surface area contributed by atoms with Crippen molar-refractivity contribution in [1.82, 2.24) is 5.32 Å². The number of para-hydroxylation sites is 1. The number of carbonyl (C=O) groups excluding carboxylic acids is 1. The van der Waals surface area contributed by atoms with E-state index in [9.17, 15) is 4.79 Å². The molecule has 0 bridgehead atoms. The van der Waals surface area contributed by atoms with Gasteiger partial charge in [0.2, 0.25) is 0 Å². The molecule has 178 valence electrons. The Morgan fingerprint density at radius 1 is 0.806 bits per heavy atom. The van der Waals surface area contributed by atoms with Gasteiger partial charge in [0.1, 0.15) is 5.75 Å². The van der Waals surface area contributed by atoms with E-state index in [-0.39, 0.29) is 12.5 Å². The molecule has 1 atom stereocenters. The molecule has 0 saturated carbocycles. The third-order valence-electron chi connectivity index (χ3n) is 6.27. The fraction of sp³-hybridized carbons (Fsp3) is 0.750. The molecule has 0 aromatic heterocycles. The largest absolute Gasteiger partial charge is 0.483 e.